The van der Waals surface area contributed by atoms with E-state index < -0.39 is 0 Å². The highest BCUT2D eigenvalue weighted by atomic mass is 32.1. The molecule has 1 nitrogen and oxygen atoms in total. The molecule has 0 spiro atoms. The van der Waals surface area contributed by atoms with Crippen LogP contribution in [0.25, 0.3) is 0 Å². The Bertz CT molecular complexity index is 259. The van der Waals surface area contributed by atoms with Crippen LogP contribution in [0.2, 0.25) is 0 Å². The van der Waals surface area contributed by atoms with Gasteiger partial charge in [0.25, 0.3) is 0 Å². The summed E-state index contributed by atoms with van der Waals surface area (Å²) in [7, 11) is 0. The van der Waals surface area contributed by atoms with Crippen molar-refractivity contribution in [3.05, 3.63) is 35.4 Å². The number of fused-ring (bicyclic) bond motifs is 1. The Balaban J connectivity index is 2.39. The number of hydrogen-bond donors (Lipinski definition) is 1. The first kappa shape index (κ1) is 7.19. The summed E-state index contributed by atoms with van der Waals surface area (Å²) in [5.41, 5.74) is 2.80. The third-order valence-electron chi connectivity index (χ3n) is 2.14. The fourth-order valence-electron chi connectivity index (χ4n) is 1.53. The first-order valence-electron chi connectivity index (χ1n) is 3.81. The van der Waals surface area contributed by atoms with Gasteiger partial charge >= 0.3 is 0 Å². The van der Waals surface area contributed by atoms with E-state index in [0.717, 1.165) is 12.3 Å². The Morgan fingerprint density at radius 2 is 2.27 bits per heavy atom. The minimum absolute atomic E-state index is 0.418. The third kappa shape index (κ3) is 1.17. The van der Waals surface area contributed by atoms with Crippen molar-refractivity contribution >= 4 is 12.6 Å². The second-order valence-corrected chi connectivity index (χ2v) is 3.13. The van der Waals surface area contributed by atoms with Crippen LogP contribution < -0.4 is 5.32 Å². The van der Waals surface area contributed by atoms with Gasteiger partial charge in [0, 0.05) is 18.3 Å². The minimum atomic E-state index is 0.418. The fraction of sp³-hybridized carbons (Fsp3) is 0.333. The van der Waals surface area contributed by atoms with Crippen molar-refractivity contribution in [2.45, 2.75) is 12.6 Å². The van der Waals surface area contributed by atoms with E-state index >= 15 is 0 Å². The van der Waals surface area contributed by atoms with Gasteiger partial charge < -0.3 is 5.32 Å². The Kier molecular flexibility index (Phi) is 1.88. The lowest BCUT2D eigenvalue weighted by Gasteiger charge is -2.05. The van der Waals surface area contributed by atoms with Crippen molar-refractivity contribution in [1.29, 1.82) is 0 Å². The first-order valence-corrected chi connectivity index (χ1v) is 4.39. The van der Waals surface area contributed by atoms with Gasteiger partial charge in [0.1, 0.15) is 0 Å². The van der Waals surface area contributed by atoms with E-state index in [2.05, 4.69) is 29.6 Å². The van der Waals surface area contributed by atoms with Crippen LogP contribution in [0.3, 0.4) is 0 Å². The van der Waals surface area contributed by atoms with Crippen molar-refractivity contribution in [1.82, 2.24) is 5.32 Å². The van der Waals surface area contributed by atoms with Crippen LogP contribution in [0.15, 0.2) is 24.3 Å². The van der Waals surface area contributed by atoms with Crippen LogP contribution in [-0.2, 0) is 6.54 Å². The lowest BCUT2D eigenvalue weighted by atomic mass is 10.1. The number of rotatable bonds is 1. The summed E-state index contributed by atoms with van der Waals surface area (Å²) in [5.74, 6) is 0.775. The predicted molar refractivity (Wildman–Crippen MR) is 48.5 cm³/mol. The van der Waals surface area contributed by atoms with Gasteiger partial charge in [-0.2, -0.15) is 0 Å². The SMILES string of the molecule is [S]CC1NCc2ccccc21. The van der Waals surface area contributed by atoms with Crippen molar-refractivity contribution < 1.29 is 0 Å². The molecule has 57 valence electrons. The molecule has 1 aromatic rings. The summed E-state index contributed by atoms with van der Waals surface area (Å²) in [6, 6.07) is 8.89. The molecule has 11 heavy (non-hydrogen) atoms. The maximum Gasteiger partial charge on any atom is 0.0426 e. The zero-order valence-electron chi connectivity index (χ0n) is 6.21. The van der Waals surface area contributed by atoms with E-state index in [1.807, 2.05) is 0 Å². The second-order valence-electron chi connectivity index (χ2n) is 2.80. The molecule has 1 aromatic carbocycles. The van der Waals surface area contributed by atoms with Crippen molar-refractivity contribution in [2.24, 2.45) is 0 Å². The summed E-state index contributed by atoms with van der Waals surface area (Å²) >= 11 is 5.03. The van der Waals surface area contributed by atoms with Crippen LogP contribution in [0.4, 0.5) is 0 Å². The van der Waals surface area contributed by atoms with Gasteiger partial charge in [-0.1, -0.05) is 36.9 Å². The number of benzene rings is 1. The van der Waals surface area contributed by atoms with Gasteiger partial charge in [0.15, 0.2) is 0 Å². The molecule has 0 saturated heterocycles. The molecule has 1 atom stereocenters. The van der Waals surface area contributed by atoms with Crippen LogP contribution in [0.5, 0.6) is 0 Å². The zero-order chi connectivity index (χ0) is 7.68. The number of hydrogen-bond acceptors (Lipinski definition) is 1. The molecular formula is C9H10NS. The zero-order valence-corrected chi connectivity index (χ0v) is 7.03. The summed E-state index contributed by atoms with van der Waals surface area (Å²) in [5, 5.41) is 3.37. The molecule has 1 radical (unpaired) electrons. The second kappa shape index (κ2) is 2.88. The van der Waals surface area contributed by atoms with E-state index in [1.165, 1.54) is 11.1 Å². The highest BCUT2D eigenvalue weighted by Gasteiger charge is 2.18. The molecule has 0 amide bonds. The maximum atomic E-state index is 5.03. The lowest BCUT2D eigenvalue weighted by Crippen LogP contribution is -2.12. The van der Waals surface area contributed by atoms with Gasteiger partial charge in [-0.25, -0.2) is 0 Å². The molecular weight excluding hydrogens is 154 g/mol. The van der Waals surface area contributed by atoms with Gasteiger partial charge in [0.05, 0.1) is 0 Å². The Morgan fingerprint density at radius 1 is 1.45 bits per heavy atom. The molecule has 0 bridgehead atoms. The van der Waals surface area contributed by atoms with Crippen LogP contribution in [0.1, 0.15) is 17.2 Å². The molecule has 1 unspecified atom stereocenters. The molecule has 0 fully saturated rings. The average Bonchev–Trinajstić information content (AvgIpc) is 2.47. The van der Waals surface area contributed by atoms with Gasteiger partial charge in [-0.3, -0.25) is 0 Å². The van der Waals surface area contributed by atoms with Crippen molar-refractivity contribution in [3.63, 3.8) is 0 Å². The summed E-state index contributed by atoms with van der Waals surface area (Å²) in [4.78, 5) is 0. The molecule has 2 rings (SSSR count). The number of nitrogens with one attached hydrogen (secondary N) is 1. The molecule has 1 aliphatic heterocycles. The van der Waals surface area contributed by atoms with Crippen molar-refractivity contribution in [3.8, 4) is 0 Å². The first-order chi connectivity index (χ1) is 5.42. The van der Waals surface area contributed by atoms with Crippen LogP contribution in [0, 0.1) is 0 Å². The van der Waals surface area contributed by atoms with Gasteiger partial charge in [-0.15, -0.1) is 0 Å². The maximum absolute atomic E-state index is 5.03. The van der Waals surface area contributed by atoms with E-state index in [4.69, 9.17) is 12.6 Å². The van der Waals surface area contributed by atoms with E-state index in [1.54, 1.807) is 0 Å². The highest BCUT2D eigenvalue weighted by molar-refractivity contribution is 7.80. The summed E-state index contributed by atoms with van der Waals surface area (Å²) < 4.78 is 0. The smallest absolute Gasteiger partial charge is 0.0426 e. The van der Waals surface area contributed by atoms with E-state index in [-0.39, 0.29) is 0 Å². The highest BCUT2D eigenvalue weighted by Crippen LogP contribution is 2.25. The quantitative estimate of drug-likeness (QED) is 0.669. The normalized spacial score (nSPS) is 21.7. The van der Waals surface area contributed by atoms with Gasteiger partial charge in [-0.05, 0) is 11.1 Å². The van der Waals surface area contributed by atoms with Crippen molar-refractivity contribution in [2.75, 3.05) is 5.75 Å². The topological polar surface area (TPSA) is 12.0 Å². The molecule has 1 aliphatic rings. The van der Waals surface area contributed by atoms with Crippen LogP contribution in [-0.4, -0.2) is 5.75 Å². The van der Waals surface area contributed by atoms with Crippen LogP contribution >= 0.6 is 12.6 Å². The third-order valence-corrected chi connectivity index (χ3v) is 2.47. The minimum Gasteiger partial charge on any atom is -0.305 e. The summed E-state index contributed by atoms with van der Waals surface area (Å²) in [6.45, 7) is 0.984. The Hall–Kier alpha value is -0.470. The fourth-order valence-corrected chi connectivity index (χ4v) is 1.82. The standard InChI is InChI=1S/C9H10NS/c11-6-9-8-4-2-1-3-7(8)5-10-9/h1-4,9-10H,5-6H2. The molecule has 2 heteroatoms. The molecule has 0 aromatic heterocycles. The monoisotopic (exact) mass is 164 g/mol. The molecule has 1 N–H and O–H groups in total. The van der Waals surface area contributed by atoms with E-state index in [0.29, 0.717) is 6.04 Å². The summed E-state index contributed by atoms with van der Waals surface area (Å²) in [6.07, 6.45) is 0. The Labute approximate surface area is 72.2 Å². The molecule has 1 heterocycles. The average molecular weight is 164 g/mol. The van der Waals surface area contributed by atoms with Gasteiger partial charge in [0.2, 0.25) is 0 Å². The predicted octanol–water partition coefficient (Wildman–Crippen LogP) is 2.03. The largest absolute Gasteiger partial charge is 0.305 e. The molecule has 0 aliphatic carbocycles. The lowest BCUT2D eigenvalue weighted by molar-refractivity contribution is 0.643. The molecule has 0 saturated carbocycles. The Morgan fingerprint density at radius 3 is 3.09 bits per heavy atom. The van der Waals surface area contributed by atoms with E-state index in [9.17, 15) is 0 Å².